The van der Waals surface area contributed by atoms with Crippen molar-refractivity contribution in [1.82, 2.24) is 9.97 Å². The van der Waals surface area contributed by atoms with Gasteiger partial charge >= 0.3 is 0 Å². The molecule has 0 saturated heterocycles. The predicted molar refractivity (Wildman–Crippen MR) is 117 cm³/mol. The minimum absolute atomic E-state index is 0.782. The van der Waals surface area contributed by atoms with Crippen molar-refractivity contribution >= 4 is 33.2 Å². The topological polar surface area (TPSA) is 37.8 Å². The third kappa shape index (κ3) is 2.87. The predicted octanol–water partition coefficient (Wildman–Crippen LogP) is 6.50. The Morgan fingerprint density at radius 1 is 0.643 bits per heavy atom. The van der Waals surface area contributed by atoms with Gasteiger partial charge < -0.3 is 5.32 Å². The zero-order valence-corrected chi connectivity index (χ0v) is 15.6. The van der Waals surface area contributed by atoms with Crippen molar-refractivity contribution in [2.75, 3.05) is 5.32 Å². The molecular weight excluding hydrogens is 342 g/mol. The van der Waals surface area contributed by atoms with Gasteiger partial charge in [0.1, 0.15) is 5.52 Å². The third-order valence-electron chi connectivity index (χ3n) is 4.90. The van der Waals surface area contributed by atoms with Crippen LogP contribution in [-0.2, 0) is 0 Å². The number of aryl methyl sites for hydroxylation is 1. The molecule has 5 aromatic rings. The summed E-state index contributed by atoms with van der Waals surface area (Å²) in [6.45, 7) is 2.02. The maximum absolute atomic E-state index is 5.09. The van der Waals surface area contributed by atoms with Crippen LogP contribution in [0, 0.1) is 6.92 Å². The van der Waals surface area contributed by atoms with E-state index in [9.17, 15) is 0 Å². The molecule has 3 aromatic carbocycles. The second kappa shape index (κ2) is 6.78. The molecule has 0 spiro atoms. The zero-order chi connectivity index (χ0) is 18.9. The number of aromatic nitrogens is 2. The van der Waals surface area contributed by atoms with E-state index in [4.69, 9.17) is 9.97 Å². The first-order valence-corrected chi connectivity index (χ1v) is 9.37. The van der Waals surface area contributed by atoms with Gasteiger partial charge in [0.25, 0.3) is 0 Å². The van der Waals surface area contributed by atoms with Gasteiger partial charge in [-0.05, 0) is 30.5 Å². The van der Waals surface area contributed by atoms with Crippen LogP contribution in [0.15, 0.2) is 91.0 Å². The van der Waals surface area contributed by atoms with Gasteiger partial charge in [0, 0.05) is 27.7 Å². The number of hydrogen-bond donors (Lipinski definition) is 1. The molecule has 0 aliphatic rings. The Labute approximate surface area is 163 Å². The van der Waals surface area contributed by atoms with Crippen molar-refractivity contribution in [2.24, 2.45) is 0 Å². The van der Waals surface area contributed by atoms with Crippen LogP contribution in [0.25, 0.3) is 32.9 Å². The maximum atomic E-state index is 5.09. The summed E-state index contributed by atoms with van der Waals surface area (Å²) in [6, 6.07) is 31.0. The Balaban J connectivity index is 1.84. The van der Waals surface area contributed by atoms with E-state index in [2.05, 4.69) is 47.8 Å². The van der Waals surface area contributed by atoms with Gasteiger partial charge in [-0.2, -0.15) is 0 Å². The molecule has 0 aliphatic carbocycles. The van der Waals surface area contributed by atoms with Crippen molar-refractivity contribution in [2.45, 2.75) is 6.92 Å². The van der Waals surface area contributed by atoms with Crippen LogP contribution in [0.2, 0.25) is 0 Å². The van der Waals surface area contributed by atoms with Crippen molar-refractivity contribution in [3.05, 3.63) is 96.7 Å². The fourth-order valence-electron chi connectivity index (χ4n) is 3.64. The van der Waals surface area contributed by atoms with Crippen molar-refractivity contribution in [3.8, 4) is 11.3 Å². The summed E-state index contributed by atoms with van der Waals surface area (Å²) in [5, 5.41) is 6.91. The summed E-state index contributed by atoms with van der Waals surface area (Å²) in [6.07, 6.45) is 0. The molecule has 2 heterocycles. The molecule has 0 aliphatic heterocycles. The Bertz CT molecular complexity index is 1280. The Kier molecular flexibility index (Phi) is 3.99. The number of hydrogen-bond acceptors (Lipinski definition) is 3. The normalized spacial score (nSPS) is 11.0. The van der Waals surface area contributed by atoms with Gasteiger partial charge in [0.05, 0.1) is 5.69 Å². The number of rotatable bonds is 3. The molecule has 2 aromatic heterocycles. The van der Waals surface area contributed by atoms with E-state index in [1.165, 1.54) is 5.39 Å². The summed E-state index contributed by atoms with van der Waals surface area (Å²) >= 11 is 0. The van der Waals surface area contributed by atoms with E-state index in [-0.39, 0.29) is 0 Å². The highest BCUT2D eigenvalue weighted by Gasteiger charge is 2.14. The highest BCUT2D eigenvalue weighted by atomic mass is 15.0. The lowest BCUT2D eigenvalue weighted by Crippen LogP contribution is -1.99. The lowest BCUT2D eigenvalue weighted by molar-refractivity contribution is 1.21. The van der Waals surface area contributed by atoms with Gasteiger partial charge in [0.15, 0.2) is 5.82 Å². The first-order valence-electron chi connectivity index (χ1n) is 9.37. The molecule has 0 saturated carbocycles. The molecular formula is C25H19N3. The van der Waals surface area contributed by atoms with E-state index >= 15 is 0 Å². The smallest absolute Gasteiger partial charge is 0.157 e. The van der Waals surface area contributed by atoms with Crippen LogP contribution in [0.3, 0.4) is 0 Å². The number of nitrogens with one attached hydrogen (secondary N) is 1. The molecule has 0 atom stereocenters. The molecule has 0 bridgehead atoms. The highest BCUT2D eigenvalue weighted by Crippen LogP contribution is 2.35. The number of pyridine rings is 2. The Morgan fingerprint density at radius 2 is 1.29 bits per heavy atom. The van der Waals surface area contributed by atoms with Crippen LogP contribution < -0.4 is 5.32 Å². The van der Waals surface area contributed by atoms with Crippen LogP contribution in [-0.4, -0.2) is 9.97 Å². The highest BCUT2D eigenvalue weighted by molar-refractivity contribution is 6.13. The summed E-state index contributed by atoms with van der Waals surface area (Å²) in [5.41, 5.74) is 4.92. The number of fused-ring (bicyclic) bond motifs is 3. The lowest BCUT2D eigenvalue weighted by atomic mass is 10.00. The molecule has 5 rings (SSSR count). The quantitative estimate of drug-likeness (QED) is 0.373. The van der Waals surface area contributed by atoms with Gasteiger partial charge in [-0.3, -0.25) is 0 Å². The number of benzene rings is 3. The van der Waals surface area contributed by atoms with Crippen LogP contribution in [0.5, 0.6) is 0 Å². The van der Waals surface area contributed by atoms with Crippen LogP contribution in [0.1, 0.15) is 5.69 Å². The molecule has 0 unspecified atom stereocenters. The van der Waals surface area contributed by atoms with E-state index in [0.29, 0.717) is 0 Å². The first-order chi connectivity index (χ1) is 13.8. The van der Waals surface area contributed by atoms with Gasteiger partial charge in [-0.25, -0.2) is 9.97 Å². The number of para-hydroxylation sites is 1. The Hall–Kier alpha value is -3.72. The van der Waals surface area contributed by atoms with E-state index < -0.39 is 0 Å². The van der Waals surface area contributed by atoms with E-state index in [1.54, 1.807) is 0 Å². The van der Waals surface area contributed by atoms with Crippen molar-refractivity contribution in [3.63, 3.8) is 0 Å². The average molecular weight is 361 g/mol. The minimum Gasteiger partial charge on any atom is -0.338 e. The first kappa shape index (κ1) is 16.5. The number of anilines is 2. The summed E-state index contributed by atoms with van der Waals surface area (Å²) in [7, 11) is 0. The zero-order valence-electron chi connectivity index (χ0n) is 15.6. The van der Waals surface area contributed by atoms with Crippen molar-refractivity contribution in [1.29, 1.82) is 0 Å². The summed E-state index contributed by atoms with van der Waals surface area (Å²) in [4.78, 5) is 9.85. The molecule has 134 valence electrons. The van der Waals surface area contributed by atoms with E-state index in [0.717, 1.165) is 44.7 Å². The summed E-state index contributed by atoms with van der Waals surface area (Å²) < 4.78 is 0. The van der Waals surface area contributed by atoms with Gasteiger partial charge in [-0.1, -0.05) is 72.8 Å². The maximum Gasteiger partial charge on any atom is 0.157 e. The molecule has 0 fully saturated rings. The largest absolute Gasteiger partial charge is 0.338 e. The second-order valence-electron chi connectivity index (χ2n) is 6.87. The van der Waals surface area contributed by atoms with Crippen LogP contribution in [0.4, 0.5) is 11.5 Å². The molecule has 3 heteroatoms. The minimum atomic E-state index is 0.782. The Morgan fingerprint density at radius 3 is 2.04 bits per heavy atom. The molecule has 28 heavy (non-hydrogen) atoms. The average Bonchev–Trinajstić information content (AvgIpc) is 2.75. The monoisotopic (exact) mass is 361 g/mol. The van der Waals surface area contributed by atoms with Gasteiger partial charge in [0.2, 0.25) is 0 Å². The molecule has 3 nitrogen and oxygen atoms in total. The standard InChI is InChI=1S/C25H19N3/c1-17-16-22-20-14-8-9-15-21(20)23(18-10-4-2-5-11-18)28-24(22)25(26-17)27-19-12-6-3-7-13-19/h2-16H,1H3,(H,26,27). The molecule has 0 amide bonds. The molecule has 0 radical (unpaired) electrons. The fourth-order valence-corrected chi connectivity index (χ4v) is 3.64. The summed E-state index contributed by atoms with van der Waals surface area (Å²) in [5.74, 6) is 0.782. The van der Waals surface area contributed by atoms with E-state index in [1.807, 2.05) is 55.5 Å². The SMILES string of the molecule is Cc1cc2c(nc(-c3ccccc3)c3ccccc32)c(Nc2ccccc2)n1. The van der Waals surface area contributed by atoms with Gasteiger partial charge in [-0.15, -0.1) is 0 Å². The fraction of sp³-hybridized carbons (Fsp3) is 0.0400. The third-order valence-corrected chi connectivity index (χ3v) is 4.90. The van der Waals surface area contributed by atoms with Crippen LogP contribution >= 0.6 is 0 Å². The van der Waals surface area contributed by atoms with Crippen molar-refractivity contribution < 1.29 is 0 Å². The molecule has 1 N–H and O–H groups in total. The number of nitrogens with zero attached hydrogens (tertiary/aromatic N) is 2. The second-order valence-corrected chi connectivity index (χ2v) is 6.87. The lowest BCUT2D eigenvalue weighted by Gasteiger charge is -2.14.